The van der Waals surface area contributed by atoms with Crippen LogP contribution in [-0.4, -0.2) is 4.98 Å². The van der Waals surface area contributed by atoms with Crippen LogP contribution < -0.4 is 10.5 Å². The van der Waals surface area contributed by atoms with E-state index in [4.69, 9.17) is 22.1 Å². The second-order valence-electron chi connectivity index (χ2n) is 4.91. The molecule has 2 aromatic carbocycles. The van der Waals surface area contributed by atoms with Crippen LogP contribution in [0.2, 0.25) is 5.02 Å². The molecule has 0 bridgehead atoms. The third kappa shape index (κ3) is 2.84. The fraction of sp³-hybridized carbons (Fsp3) is 0.118. The Morgan fingerprint density at radius 2 is 1.81 bits per heavy atom. The van der Waals surface area contributed by atoms with Crippen molar-refractivity contribution in [1.29, 1.82) is 0 Å². The number of ether oxygens (including phenoxy) is 1. The van der Waals surface area contributed by atoms with E-state index in [1.54, 1.807) is 6.20 Å². The Hall–Kier alpha value is -2.10. The van der Waals surface area contributed by atoms with Crippen LogP contribution in [-0.2, 0) is 0 Å². The molecule has 4 heteroatoms. The minimum atomic E-state index is -0.0390. The van der Waals surface area contributed by atoms with Gasteiger partial charge in [-0.15, -0.1) is 0 Å². The van der Waals surface area contributed by atoms with Crippen molar-refractivity contribution in [3.8, 4) is 11.6 Å². The van der Waals surface area contributed by atoms with E-state index >= 15 is 0 Å². The number of hydrogen-bond donors (Lipinski definition) is 1. The molecule has 0 aliphatic rings. The van der Waals surface area contributed by atoms with E-state index in [2.05, 4.69) is 4.98 Å². The number of aromatic nitrogens is 1. The maximum Gasteiger partial charge on any atom is 0.219 e. The fourth-order valence-corrected chi connectivity index (χ4v) is 2.39. The molecule has 0 amide bonds. The fourth-order valence-electron chi connectivity index (χ4n) is 2.16. The Balaban J connectivity index is 1.96. The lowest BCUT2D eigenvalue weighted by atomic mass is 10.1. The van der Waals surface area contributed by atoms with Crippen LogP contribution in [0.1, 0.15) is 18.5 Å². The van der Waals surface area contributed by atoms with E-state index in [0.717, 1.165) is 22.1 Å². The number of rotatable bonds is 3. The summed E-state index contributed by atoms with van der Waals surface area (Å²) in [6.45, 7) is 1.92. The van der Waals surface area contributed by atoms with Gasteiger partial charge in [0.1, 0.15) is 5.75 Å². The predicted octanol–water partition coefficient (Wildman–Crippen LogP) is 4.70. The summed E-state index contributed by atoms with van der Waals surface area (Å²) in [5, 5.41) is 2.63. The molecule has 1 aromatic heterocycles. The molecule has 0 saturated heterocycles. The Labute approximate surface area is 128 Å². The SMILES string of the molecule is C[C@@H](N)c1ccc(Oc2ccc(Cl)c3ccccc23)nc1. The first-order valence-electron chi connectivity index (χ1n) is 6.72. The van der Waals surface area contributed by atoms with Gasteiger partial charge in [0.05, 0.1) is 0 Å². The molecule has 21 heavy (non-hydrogen) atoms. The standard InChI is InChI=1S/C17H15ClN2O/c1-11(19)12-6-9-17(20-10-12)21-16-8-7-15(18)13-4-2-3-5-14(13)16/h2-11H,19H2,1H3/t11-/m1/s1. The second kappa shape index (κ2) is 5.72. The molecule has 3 rings (SSSR count). The highest BCUT2D eigenvalue weighted by Gasteiger charge is 2.07. The largest absolute Gasteiger partial charge is 0.438 e. The molecule has 1 atom stereocenters. The van der Waals surface area contributed by atoms with Gasteiger partial charge in [0.15, 0.2) is 0 Å². The van der Waals surface area contributed by atoms with E-state index in [9.17, 15) is 0 Å². The molecule has 0 spiro atoms. The maximum atomic E-state index is 6.20. The lowest BCUT2D eigenvalue weighted by Crippen LogP contribution is -2.05. The van der Waals surface area contributed by atoms with Gasteiger partial charge in [-0.3, -0.25) is 0 Å². The van der Waals surface area contributed by atoms with E-state index in [1.807, 2.05) is 55.5 Å². The van der Waals surface area contributed by atoms with Gasteiger partial charge < -0.3 is 10.5 Å². The predicted molar refractivity (Wildman–Crippen MR) is 85.9 cm³/mol. The summed E-state index contributed by atoms with van der Waals surface area (Å²) in [6, 6.07) is 15.2. The summed E-state index contributed by atoms with van der Waals surface area (Å²) >= 11 is 6.20. The van der Waals surface area contributed by atoms with Gasteiger partial charge in [-0.05, 0) is 24.6 Å². The molecule has 3 aromatic rings. The van der Waals surface area contributed by atoms with Gasteiger partial charge in [-0.2, -0.15) is 0 Å². The third-order valence-corrected chi connectivity index (χ3v) is 3.66. The Bertz CT molecular complexity index is 769. The molecular formula is C17H15ClN2O. The van der Waals surface area contributed by atoms with Crippen molar-refractivity contribution in [2.24, 2.45) is 5.73 Å². The highest BCUT2D eigenvalue weighted by atomic mass is 35.5. The molecule has 0 aliphatic carbocycles. The Morgan fingerprint density at radius 1 is 1.05 bits per heavy atom. The highest BCUT2D eigenvalue weighted by molar-refractivity contribution is 6.35. The lowest BCUT2D eigenvalue weighted by Gasteiger charge is -2.10. The summed E-state index contributed by atoms with van der Waals surface area (Å²) in [5.41, 5.74) is 6.79. The van der Waals surface area contributed by atoms with E-state index in [0.29, 0.717) is 10.9 Å². The normalized spacial score (nSPS) is 12.3. The second-order valence-corrected chi connectivity index (χ2v) is 5.32. The zero-order chi connectivity index (χ0) is 14.8. The first-order valence-corrected chi connectivity index (χ1v) is 7.09. The summed E-state index contributed by atoms with van der Waals surface area (Å²) in [5.74, 6) is 1.27. The van der Waals surface area contributed by atoms with Gasteiger partial charge in [0, 0.05) is 34.1 Å². The van der Waals surface area contributed by atoms with Crippen molar-refractivity contribution < 1.29 is 4.74 Å². The van der Waals surface area contributed by atoms with Crippen LogP contribution in [0.15, 0.2) is 54.7 Å². The third-order valence-electron chi connectivity index (χ3n) is 3.33. The molecule has 2 N–H and O–H groups in total. The molecule has 106 valence electrons. The Kier molecular flexibility index (Phi) is 3.78. The molecular weight excluding hydrogens is 284 g/mol. The van der Waals surface area contributed by atoms with Crippen LogP contribution in [0.25, 0.3) is 10.8 Å². The first kappa shape index (κ1) is 13.9. The molecule has 0 saturated carbocycles. The first-order chi connectivity index (χ1) is 10.1. The molecule has 0 aliphatic heterocycles. The molecule has 1 heterocycles. The minimum Gasteiger partial charge on any atom is -0.438 e. The zero-order valence-corrected chi connectivity index (χ0v) is 12.3. The van der Waals surface area contributed by atoms with Gasteiger partial charge >= 0.3 is 0 Å². The topological polar surface area (TPSA) is 48.1 Å². The smallest absolute Gasteiger partial charge is 0.219 e. The quantitative estimate of drug-likeness (QED) is 0.762. The van der Waals surface area contributed by atoms with Gasteiger partial charge in [0.2, 0.25) is 5.88 Å². The number of benzene rings is 2. The van der Waals surface area contributed by atoms with E-state index in [-0.39, 0.29) is 6.04 Å². The monoisotopic (exact) mass is 298 g/mol. The highest BCUT2D eigenvalue weighted by Crippen LogP contribution is 2.33. The van der Waals surface area contributed by atoms with Crippen LogP contribution in [0, 0.1) is 0 Å². The van der Waals surface area contributed by atoms with Crippen molar-refractivity contribution in [3.05, 3.63) is 65.3 Å². The average Bonchev–Trinajstić information content (AvgIpc) is 2.51. The van der Waals surface area contributed by atoms with Crippen molar-refractivity contribution in [2.45, 2.75) is 13.0 Å². The average molecular weight is 299 g/mol. The number of fused-ring (bicyclic) bond motifs is 1. The number of hydrogen-bond acceptors (Lipinski definition) is 3. The minimum absolute atomic E-state index is 0.0390. The number of nitrogens with two attached hydrogens (primary N) is 1. The van der Waals surface area contributed by atoms with Gasteiger partial charge in [0.25, 0.3) is 0 Å². The number of nitrogens with zero attached hydrogens (tertiary/aromatic N) is 1. The van der Waals surface area contributed by atoms with Crippen molar-refractivity contribution >= 4 is 22.4 Å². The summed E-state index contributed by atoms with van der Waals surface area (Å²) in [7, 11) is 0. The van der Waals surface area contributed by atoms with Crippen LogP contribution in [0.5, 0.6) is 11.6 Å². The van der Waals surface area contributed by atoms with Crippen molar-refractivity contribution in [3.63, 3.8) is 0 Å². The molecule has 3 nitrogen and oxygen atoms in total. The zero-order valence-electron chi connectivity index (χ0n) is 11.6. The van der Waals surface area contributed by atoms with Crippen molar-refractivity contribution in [2.75, 3.05) is 0 Å². The Morgan fingerprint density at radius 3 is 2.48 bits per heavy atom. The van der Waals surface area contributed by atoms with Crippen LogP contribution in [0.4, 0.5) is 0 Å². The van der Waals surface area contributed by atoms with Crippen molar-refractivity contribution in [1.82, 2.24) is 4.98 Å². The number of halogens is 1. The van der Waals surface area contributed by atoms with Gasteiger partial charge in [-0.25, -0.2) is 4.98 Å². The summed E-state index contributed by atoms with van der Waals surface area (Å²) < 4.78 is 5.87. The lowest BCUT2D eigenvalue weighted by molar-refractivity contribution is 0.467. The molecule has 0 radical (unpaired) electrons. The summed E-state index contributed by atoms with van der Waals surface area (Å²) in [4.78, 5) is 4.29. The maximum absolute atomic E-state index is 6.20. The molecule has 0 fully saturated rings. The number of pyridine rings is 1. The molecule has 0 unspecified atom stereocenters. The van der Waals surface area contributed by atoms with Gasteiger partial charge in [-0.1, -0.05) is 41.9 Å². The van der Waals surface area contributed by atoms with E-state index < -0.39 is 0 Å². The van der Waals surface area contributed by atoms with E-state index in [1.165, 1.54) is 0 Å². The summed E-state index contributed by atoms with van der Waals surface area (Å²) in [6.07, 6.45) is 1.73. The van der Waals surface area contributed by atoms with Crippen LogP contribution in [0.3, 0.4) is 0 Å². The van der Waals surface area contributed by atoms with Crippen LogP contribution >= 0.6 is 11.6 Å².